The molecule has 0 saturated heterocycles. The molecule has 0 saturated carbocycles. The van der Waals surface area contributed by atoms with Gasteiger partial charge >= 0.3 is 0 Å². The largest absolute Gasteiger partial charge is 0.329 e. The Bertz CT molecular complexity index is 262. The maximum absolute atomic E-state index is 5.84. The highest BCUT2D eigenvalue weighted by atomic mass is 32.2. The molecule has 4 heteroatoms. The molecule has 0 spiro atoms. The van der Waals surface area contributed by atoms with Gasteiger partial charge in [0.25, 0.3) is 0 Å². The lowest BCUT2D eigenvalue weighted by molar-refractivity contribution is 0.228. The van der Waals surface area contributed by atoms with E-state index in [0.29, 0.717) is 6.04 Å². The fourth-order valence-electron chi connectivity index (χ4n) is 1.76. The van der Waals surface area contributed by atoms with Crippen molar-refractivity contribution in [3.63, 3.8) is 0 Å². The number of thiophene rings is 1. The Hall–Kier alpha value is -0.0300. The van der Waals surface area contributed by atoms with Crippen molar-refractivity contribution in [2.75, 3.05) is 25.6 Å². The van der Waals surface area contributed by atoms with Gasteiger partial charge in [0, 0.05) is 24.0 Å². The molecular weight excluding hydrogens is 236 g/mol. The van der Waals surface area contributed by atoms with Gasteiger partial charge in [-0.3, -0.25) is 4.90 Å². The Balaban J connectivity index is 2.33. The number of rotatable bonds is 8. The summed E-state index contributed by atoms with van der Waals surface area (Å²) in [6, 6.07) is 4.82. The summed E-state index contributed by atoms with van der Waals surface area (Å²) in [5.41, 5.74) is 5.84. The summed E-state index contributed by atoms with van der Waals surface area (Å²) in [7, 11) is 2.18. The third-order valence-corrected chi connectivity index (χ3v) is 4.32. The first kappa shape index (κ1) is 14.0. The van der Waals surface area contributed by atoms with Gasteiger partial charge in [-0.2, -0.15) is 11.8 Å². The fraction of sp³-hybridized carbons (Fsp3) is 0.667. The number of hydrogen-bond acceptors (Lipinski definition) is 4. The number of hydrogen-bond donors (Lipinski definition) is 1. The van der Waals surface area contributed by atoms with Gasteiger partial charge < -0.3 is 5.73 Å². The van der Waals surface area contributed by atoms with Crippen molar-refractivity contribution in [2.24, 2.45) is 5.73 Å². The van der Waals surface area contributed by atoms with E-state index in [1.165, 1.54) is 23.5 Å². The highest BCUT2D eigenvalue weighted by Gasteiger charge is 2.13. The third-order valence-electron chi connectivity index (χ3n) is 2.77. The van der Waals surface area contributed by atoms with Gasteiger partial charge in [-0.15, -0.1) is 11.3 Å². The van der Waals surface area contributed by atoms with Crippen molar-refractivity contribution in [1.29, 1.82) is 0 Å². The molecule has 1 heterocycles. The predicted molar refractivity (Wildman–Crippen MR) is 76.2 cm³/mol. The van der Waals surface area contributed by atoms with E-state index >= 15 is 0 Å². The van der Waals surface area contributed by atoms with Gasteiger partial charge in [-0.1, -0.05) is 6.07 Å². The molecule has 1 aromatic heterocycles. The zero-order valence-corrected chi connectivity index (χ0v) is 11.8. The van der Waals surface area contributed by atoms with E-state index in [9.17, 15) is 0 Å². The summed E-state index contributed by atoms with van der Waals surface area (Å²) in [4.78, 5) is 3.80. The average molecular weight is 258 g/mol. The summed E-state index contributed by atoms with van der Waals surface area (Å²) in [6.07, 6.45) is 4.63. The van der Waals surface area contributed by atoms with Crippen molar-refractivity contribution in [2.45, 2.75) is 25.4 Å². The average Bonchev–Trinajstić information content (AvgIpc) is 2.77. The zero-order chi connectivity index (χ0) is 11.8. The molecule has 0 bridgehead atoms. The summed E-state index contributed by atoms with van der Waals surface area (Å²) < 4.78 is 0. The SMILES string of the molecule is CSCCCC(CN)N(C)Cc1cccs1. The quantitative estimate of drug-likeness (QED) is 0.727. The van der Waals surface area contributed by atoms with Crippen LogP contribution >= 0.6 is 23.1 Å². The van der Waals surface area contributed by atoms with E-state index in [1.54, 1.807) is 0 Å². The Kier molecular flexibility index (Phi) is 7.12. The summed E-state index contributed by atoms with van der Waals surface area (Å²) in [6.45, 7) is 1.79. The van der Waals surface area contributed by atoms with Crippen LogP contribution in [0.4, 0.5) is 0 Å². The Morgan fingerprint density at radius 3 is 2.94 bits per heavy atom. The first-order valence-electron chi connectivity index (χ1n) is 5.69. The molecule has 2 N–H and O–H groups in total. The first-order valence-corrected chi connectivity index (χ1v) is 7.97. The molecular formula is C12H22N2S2. The summed E-state index contributed by atoms with van der Waals surface area (Å²) in [5.74, 6) is 1.24. The standard InChI is InChI=1S/C12H22N2S2/c1-14(10-12-6-4-8-16-12)11(9-13)5-3-7-15-2/h4,6,8,11H,3,5,7,9-10,13H2,1-2H3. The van der Waals surface area contributed by atoms with E-state index in [4.69, 9.17) is 5.73 Å². The molecule has 92 valence electrons. The van der Waals surface area contributed by atoms with Crippen LogP contribution in [0, 0.1) is 0 Å². The van der Waals surface area contributed by atoms with Crippen LogP contribution in [0.15, 0.2) is 17.5 Å². The molecule has 0 fully saturated rings. The van der Waals surface area contributed by atoms with E-state index in [0.717, 1.165) is 13.1 Å². The number of nitrogens with zero attached hydrogens (tertiary/aromatic N) is 1. The monoisotopic (exact) mass is 258 g/mol. The van der Waals surface area contributed by atoms with Crippen LogP contribution < -0.4 is 5.73 Å². The van der Waals surface area contributed by atoms with Crippen LogP contribution in [0.1, 0.15) is 17.7 Å². The van der Waals surface area contributed by atoms with Gasteiger partial charge in [0.2, 0.25) is 0 Å². The van der Waals surface area contributed by atoms with Crippen LogP contribution in [0.25, 0.3) is 0 Å². The zero-order valence-electron chi connectivity index (χ0n) is 10.2. The molecule has 16 heavy (non-hydrogen) atoms. The second-order valence-corrected chi connectivity index (χ2v) is 6.04. The lowest BCUT2D eigenvalue weighted by Gasteiger charge is -2.26. The molecule has 1 rings (SSSR count). The van der Waals surface area contributed by atoms with Gasteiger partial charge in [0.15, 0.2) is 0 Å². The first-order chi connectivity index (χ1) is 7.77. The lowest BCUT2D eigenvalue weighted by atomic mass is 10.1. The van der Waals surface area contributed by atoms with E-state index < -0.39 is 0 Å². The predicted octanol–water partition coefficient (Wildman–Crippen LogP) is 2.65. The van der Waals surface area contributed by atoms with Crippen LogP contribution in [-0.4, -0.2) is 36.5 Å². The molecule has 2 nitrogen and oxygen atoms in total. The van der Waals surface area contributed by atoms with E-state index in [-0.39, 0.29) is 0 Å². The van der Waals surface area contributed by atoms with Gasteiger partial charge in [-0.05, 0) is 43.3 Å². The van der Waals surface area contributed by atoms with Crippen LogP contribution in [0.5, 0.6) is 0 Å². The molecule has 0 aliphatic heterocycles. The summed E-state index contributed by atoms with van der Waals surface area (Å²) in [5, 5.41) is 2.13. The van der Waals surface area contributed by atoms with Gasteiger partial charge in [-0.25, -0.2) is 0 Å². The molecule has 1 unspecified atom stereocenters. The number of thioether (sulfide) groups is 1. The van der Waals surface area contributed by atoms with Crippen LogP contribution in [0.2, 0.25) is 0 Å². The molecule has 0 radical (unpaired) electrons. The van der Waals surface area contributed by atoms with Crippen molar-refractivity contribution in [3.8, 4) is 0 Å². The van der Waals surface area contributed by atoms with Crippen LogP contribution in [0.3, 0.4) is 0 Å². The number of likely N-dealkylation sites (N-methyl/N-ethyl adjacent to an activating group) is 1. The fourth-order valence-corrected chi connectivity index (χ4v) is 2.98. The number of nitrogens with two attached hydrogens (primary N) is 1. The normalized spacial score (nSPS) is 13.2. The van der Waals surface area contributed by atoms with Crippen molar-refractivity contribution < 1.29 is 0 Å². The molecule has 0 amide bonds. The van der Waals surface area contributed by atoms with Crippen molar-refractivity contribution in [3.05, 3.63) is 22.4 Å². The second-order valence-electron chi connectivity index (χ2n) is 4.02. The molecule has 1 aromatic rings. The topological polar surface area (TPSA) is 29.3 Å². The molecule has 0 aromatic carbocycles. The second kappa shape index (κ2) is 8.12. The van der Waals surface area contributed by atoms with E-state index in [1.807, 2.05) is 23.1 Å². The minimum Gasteiger partial charge on any atom is -0.329 e. The smallest absolute Gasteiger partial charge is 0.0328 e. The van der Waals surface area contributed by atoms with E-state index in [2.05, 4.69) is 35.7 Å². The molecule has 0 aliphatic rings. The Morgan fingerprint density at radius 2 is 2.38 bits per heavy atom. The highest BCUT2D eigenvalue weighted by molar-refractivity contribution is 7.98. The lowest BCUT2D eigenvalue weighted by Crippen LogP contribution is -2.37. The van der Waals surface area contributed by atoms with Gasteiger partial charge in [0.1, 0.15) is 0 Å². The Morgan fingerprint density at radius 1 is 1.56 bits per heavy atom. The third kappa shape index (κ3) is 4.87. The minimum atomic E-state index is 0.522. The highest BCUT2D eigenvalue weighted by Crippen LogP contribution is 2.14. The van der Waals surface area contributed by atoms with Crippen molar-refractivity contribution >= 4 is 23.1 Å². The molecule has 1 atom stereocenters. The minimum absolute atomic E-state index is 0.522. The maximum atomic E-state index is 5.84. The van der Waals surface area contributed by atoms with Crippen molar-refractivity contribution in [1.82, 2.24) is 4.90 Å². The maximum Gasteiger partial charge on any atom is 0.0328 e. The van der Waals surface area contributed by atoms with Gasteiger partial charge in [0.05, 0.1) is 0 Å². The molecule has 0 aliphatic carbocycles. The van der Waals surface area contributed by atoms with Crippen LogP contribution in [-0.2, 0) is 6.54 Å². The summed E-state index contributed by atoms with van der Waals surface area (Å²) >= 11 is 3.73. The Labute approximate surface area is 107 Å².